The molecule has 0 aliphatic heterocycles. The van der Waals surface area contributed by atoms with Crippen LogP contribution in [0.5, 0.6) is 0 Å². The van der Waals surface area contributed by atoms with Gasteiger partial charge in [-0.1, -0.05) is 330 Å². The average Bonchev–Trinajstić information content (AvgIpc) is 3.49. The highest BCUT2D eigenvalue weighted by Crippen LogP contribution is 2.17. The summed E-state index contributed by atoms with van der Waals surface area (Å²) in [6, 6.07) is 0. The van der Waals surface area contributed by atoms with Crippen molar-refractivity contribution in [3.8, 4) is 0 Å². The molecule has 0 rings (SSSR count). The van der Waals surface area contributed by atoms with Crippen LogP contribution in [0.3, 0.4) is 0 Å². The number of hydrogen-bond donors (Lipinski definition) is 0. The van der Waals surface area contributed by atoms with Crippen LogP contribution in [0.2, 0.25) is 0 Å². The van der Waals surface area contributed by atoms with Crippen molar-refractivity contribution in [2.75, 3.05) is 13.2 Å². The first-order valence-electron chi connectivity index (χ1n) is 35.7. The maximum absolute atomic E-state index is 12.9. The zero-order chi connectivity index (χ0) is 59.9. The molecule has 0 spiro atoms. The van der Waals surface area contributed by atoms with E-state index in [2.05, 4.69) is 106 Å². The van der Waals surface area contributed by atoms with Crippen LogP contribution in [-0.2, 0) is 28.6 Å². The Morgan fingerprint density at radius 3 is 0.855 bits per heavy atom. The van der Waals surface area contributed by atoms with Crippen LogP contribution in [0.25, 0.3) is 0 Å². The van der Waals surface area contributed by atoms with Gasteiger partial charge in [-0.25, -0.2) is 0 Å². The zero-order valence-corrected chi connectivity index (χ0v) is 54.9. The minimum absolute atomic E-state index is 0.106. The van der Waals surface area contributed by atoms with Gasteiger partial charge >= 0.3 is 17.9 Å². The fraction of sp³-hybridized carbons (Fsp3) is 0.753. The molecule has 6 nitrogen and oxygen atoms in total. The maximum Gasteiger partial charge on any atom is 0.309 e. The molecule has 0 N–H and O–H groups in total. The summed E-state index contributed by atoms with van der Waals surface area (Å²) in [4.78, 5) is 38.4. The quantitative estimate of drug-likeness (QED) is 0.0261. The smallest absolute Gasteiger partial charge is 0.309 e. The van der Waals surface area contributed by atoms with Crippen LogP contribution >= 0.6 is 0 Å². The molecule has 83 heavy (non-hydrogen) atoms. The Hall–Kier alpha value is -3.67. The standard InChI is InChI=1S/C77H134O6/c1-4-7-10-13-16-19-22-25-28-30-32-34-35-36-37-38-39-40-41-43-44-46-49-52-55-58-61-64-67-70-76(79)82-73-74(72-81-75(78)69-66-63-60-57-54-51-48-27-24-21-18-15-12-9-6-3)83-77(80)71-68-65-62-59-56-53-50-47-45-42-33-31-29-26-23-20-17-14-11-8-5-2/h9,12,18,21-22,25,27,30-33,48,54,57,63,66,74H,4-8,10-11,13-17,19-20,23-24,26,28-29,34-47,49-53,55-56,58-62,64-65,67-73H2,1-3H3/b12-9-,21-18-,25-22-,32-30-,33-31-,48-27-,57-54-,66-63-. The molecule has 0 aliphatic carbocycles. The molecule has 1 unspecified atom stereocenters. The largest absolute Gasteiger partial charge is 0.462 e. The predicted molar refractivity (Wildman–Crippen MR) is 362 cm³/mol. The van der Waals surface area contributed by atoms with Crippen LogP contribution in [-0.4, -0.2) is 37.2 Å². The van der Waals surface area contributed by atoms with Crippen LogP contribution in [0.1, 0.15) is 355 Å². The molecule has 0 amide bonds. The Kier molecular flexibility index (Phi) is 67.7. The number of esters is 3. The van der Waals surface area contributed by atoms with Gasteiger partial charge in [-0.2, -0.15) is 0 Å². The van der Waals surface area contributed by atoms with Gasteiger partial charge in [0.2, 0.25) is 0 Å². The maximum atomic E-state index is 12.9. The van der Waals surface area contributed by atoms with Crippen molar-refractivity contribution in [2.24, 2.45) is 0 Å². The van der Waals surface area contributed by atoms with Gasteiger partial charge < -0.3 is 14.2 Å². The van der Waals surface area contributed by atoms with Gasteiger partial charge in [-0.15, -0.1) is 0 Å². The summed E-state index contributed by atoms with van der Waals surface area (Å²) in [5.74, 6) is -1.03. The molecule has 0 heterocycles. The first kappa shape index (κ1) is 79.3. The second-order valence-electron chi connectivity index (χ2n) is 23.8. The SMILES string of the molecule is CC/C=C\C/C=C\C/C=C\C/C=C\C/C=C\CC(=O)OCC(COC(=O)CCCCCCCCCCCCCCCCCCC/C=C\C/C=C\CCCCCCC)OC(=O)CCCCCCCCCCC/C=C\CCCCCCCCCC. The van der Waals surface area contributed by atoms with E-state index >= 15 is 0 Å². The monoisotopic (exact) mass is 1160 g/mol. The number of ether oxygens (including phenoxy) is 3. The third-order valence-corrected chi connectivity index (χ3v) is 15.6. The van der Waals surface area contributed by atoms with Crippen molar-refractivity contribution in [2.45, 2.75) is 361 Å². The van der Waals surface area contributed by atoms with Crippen LogP contribution in [0.4, 0.5) is 0 Å². The van der Waals surface area contributed by atoms with E-state index in [1.165, 1.54) is 238 Å². The van der Waals surface area contributed by atoms with Gasteiger partial charge in [0, 0.05) is 12.8 Å². The Bertz CT molecular complexity index is 1610. The van der Waals surface area contributed by atoms with Crippen molar-refractivity contribution in [1.29, 1.82) is 0 Å². The molecule has 0 saturated heterocycles. The molecule has 0 aliphatic rings. The lowest BCUT2D eigenvalue weighted by molar-refractivity contribution is -0.166. The highest BCUT2D eigenvalue weighted by Gasteiger charge is 2.19. The van der Waals surface area contributed by atoms with E-state index in [1.807, 2.05) is 12.2 Å². The lowest BCUT2D eigenvalue weighted by Gasteiger charge is -2.18. The third kappa shape index (κ3) is 69.0. The fourth-order valence-electron chi connectivity index (χ4n) is 10.3. The minimum Gasteiger partial charge on any atom is -0.462 e. The summed E-state index contributed by atoms with van der Waals surface area (Å²) in [6.45, 7) is 6.47. The third-order valence-electron chi connectivity index (χ3n) is 15.6. The van der Waals surface area contributed by atoms with Gasteiger partial charge in [0.25, 0.3) is 0 Å². The number of unbranched alkanes of at least 4 members (excludes halogenated alkanes) is 39. The zero-order valence-electron chi connectivity index (χ0n) is 54.9. The van der Waals surface area contributed by atoms with Crippen molar-refractivity contribution < 1.29 is 28.6 Å². The predicted octanol–water partition coefficient (Wildman–Crippen LogP) is 24.8. The van der Waals surface area contributed by atoms with E-state index in [9.17, 15) is 14.4 Å². The highest BCUT2D eigenvalue weighted by atomic mass is 16.6. The first-order valence-corrected chi connectivity index (χ1v) is 35.7. The summed E-state index contributed by atoms with van der Waals surface area (Å²) < 4.78 is 16.9. The van der Waals surface area contributed by atoms with E-state index in [0.29, 0.717) is 12.8 Å². The summed E-state index contributed by atoms with van der Waals surface area (Å²) in [7, 11) is 0. The van der Waals surface area contributed by atoms with Gasteiger partial charge in [0.1, 0.15) is 13.2 Å². The van der Waals surface area contributed by atoms with Crippen LogP contribution < -0.4 is 0 Å². The molecule has 478 valence electrons. The van der Waals surface area contributed by atoms with Crippen LogP contribution in [0.15, 0.2) is 97.2 Å². The van der Waals surface area contributed by atoms with Crippen LogP contribution in [0, 0.1) is 0 Å². The molecule has 0 bridgehead atoms. The van der Waals surface area contributed by atoms with E-state index < -0.39 is 12.1 Å². The number of hydrogen-bond acceptors (Lipinski definition) is 6. The number of allylic oxidation sites excluding steroid dienone is 15. The molecule has 0 fully saturated rings. The highest BCUT2D eigenvalue weighted by molar-refractivity contribution is 5.72. The number of carbonyl (C=O) groups is 3. The van der Waals surface area contributed by atoms with Crippen molar-refractivity contribution in [3.05, 3.63) is 97.2 Å². The molecule has 1 atom stereocenters. The second kappa shape index (κ2) is 70.8. The Labute approximate surface area is 515 Å². The van der Waals surface area contributed by atoms with Crippen molar-refractivity contribution in [3.63, 3.8) is 0 Å². The summed E-state index contributed by atoms with van der Waals surface area (Å²) in [6.07, 6.45) is 96.1. The van der Waals surface area contributed by atoms with E-state index in [0.717, 1.165) is 77.0 Å². The molecular formula is C77H134O6. The Morgan fingerprint density at radius 1 is 0.265 bits per heavy atom. The molecular weight excluding hydrogens is 1020 g/mol. The number of rotatable bonds is 65. The van der Waals surface area contributed by atoms with Crippen molar-refractivity contribution >= 4 is 17.9 Å². The van der Waals surface area contributed by atoms with Gasteiger partial charge in [0.15, 0.2) is 6.10 Å². The average molecular weight is 1160 g/mol. The normalized spacial score (nSPS) is 12.7. The molecule has 6 heteroatoms. The fourth-order valence-corrected chi connectivity index (χ4v) is 10.3. The Morgan fingerprint density at radius 2 is 0.518 bits per heavy atom. The van der Waals surface area contributed by atoms with Gasteiger partial charge in [-0.05, 0) is 103 Å². The topological polar surface area (TPSA) is 78.9 Å². The summed E-state index contributed by atoms with van der Waals surface area (Å²) in [5, 5.41) is 0. The lowest BCUT2D eigenvalue weighted by Crippen LogP contribution is -2.30. The van der Waals surface area contributed by atoms with E-state index in [-0.39, 0.29) is 31.6 Å². The second-order valence-corrected chi connectivity index (χ2v) is 23.8. The molecule has 0 aromatic carbocycles. The molecule has 0 radical (unpaired) electrons. The molecule has 0 aromatic rings. The Balaban J connectivity index is 4.31. The summed E-state index contributed by atoms with van der Waals surface area (Å²) >= 11 is 0. The van der Waals surface area contributed by atoms with Gasteiger partial charge in [0.05, 0.1) is 6.42 Å². The van der Waals surface area contributed by atoms with E-state index in [4.69, 9.17) is 14.2 Å². The minimum atomic E-state index is -0.820. The lowest BCUT2D eigenvalue weighted by atomic mass is 10.0. The molecule has 0 saturated carbocycles. The number of carbonyl (C=O) groups excluding carboxylic acids is 3. The summed E-state index contributed by atoms with van der Waals surface area (Å²) in [5.41, 5.74) is 0. The van der Waals surface area contributed by atoms with Crippen molar-refractivity contribution in [1.82, 2.24) is 0 Å². The molecule has 0 aromatic heterocycles. The first-order chi connectivity index (χ1) is 41.0. The van der Waals surface area contributed by atoms with Gasteiger partial charge in [-0.3, -0.25) is 14.4 Å². The van der Waals surface area contributed by atoms with E-state index in [1.54, 1.807) is 0 Å².